The van der Waals surface area contributed by atoms with E-state index in [1.807, 2.05) is 6.07 Å². The standard InChI is InChI=1S/C27H22Cl2F3N5O4/c28-20-11-34-12-21(29)23(20)22(38)14-36(13-17-4-2-1-3-16(17)9-33)25(39)19-10-35-37(24(19)27(30,31)32)18-7-5-15(6-8-18)26(40)41/h1-4,10-12,15,18H,5-8,13-14H2,(H,40,41). The first-order valence-corrected chi connectivity index (χ1v) is 13.1. The zero-order chi connectivity index (χ0) is 29.9. The number of nitrogens with zero attached hydrogens (tertiary/aromatic N) is 5. The summed E-state index contributed by atoms with van der Waals surface area (Å²) < 4.78 is 44.0. The van der Waals surface area contributed by atoms with Gasteiger partial charge < -0.3 is 10.0 Å². The summed E-state index contributed by atoms with van der Waals surface area (Å²) in [6.45, 7) is -1.09. The molecule has 0 unspecified atom stereocenters. The maximum atomic E-state index is 14.4. The Morgan fingerprint density at radius 2 is 1.71 bits per heavy atom. The highest BCUT2D eigenvalue weighted by Gasteiger charge is 2.43. The van der Waals surface area contributed by atoms with Crippen molar-refractivity contribution in [2.75, 3.05) is 6.54 Å². The summed E-state index contributed by atoms with van der Waals surface area (Å²) in [6.07, 6.45) is -1.26. The van der Waals surface area contributed by atoms with E-state index in [1.165, 1.54) is 24.5 Å². The predicted octanol–water partition coefficient (Wildman–Crippen LogP) is 5.82. The molecule has 1 aliphatic rings. The number of Topliss-reactive ketones (excluding diaryl/α,β-unsaturated/α-hetero) is 1. The minimum absolute atomic E-state index is 0.104. The van der Waals surface area contributed by atoms with Gasteiger partial charge >= 0.3 is 12.1 Å². The second kappa shape index (κ2) is 12.3. The number of aliphatic carboxylic acids is 1. The molecule has 0 aliphatic heterocycles. The highest BCUT2D eigenvalue weighted by atomic mass is 35.5. The molecule has 3 aromatic rings. The van der Waals surface area contributed by atoms with Crippen LogP contribution >= 0.6 is 23.2 Å². The molecule has 0 bridgehead atoms. The number of nitriles is 1. The maximum Gasteiger partial charge on any atom is 0.433 e. The molecule has 0 spiro atoms. The Hall–Kier alpha value is -3.95. The lowest BCUT2D eigenvalue weighted by atomic mass is 9.86. The van der Waals surface area contributed by atoms with Crippen LogP contribution in [0.3, 0.4) is 0 Å². The number of pyridine rings is 1. The van der Waals surface area contributed by atoms with Crippen molar-refractivity contribution in [3.8, 4) is 6.07 Å². The van der Waals surface area contributed by atoms with Crippen LogP contribution in [0.1, 0.15) is 69.3 Å². The summed E-state index contributed by atoms with van der Waals surface area (Å²) in [7, 11) is 0. The van der Waals surface area contributed by atoms with Crippen molar-refractivity contribution in [2.45, 2.75) is 44.4 Å². The number of aromatic nitrogens is 3. The smallest absolute Gasteiger partial charge is 0.433 e. The molecule has 1 N–H and O–H groups in total. The molecule has 2 aromatic heterocycles. The number of carbonyl (C=O) groups excluding carboxylic acids is 2. The van der Waals surface area contributed by atoms with Gasteiger partial charge in [-0.05, 0) is 37.3 Å². The lowest BCUT2D eigenvalue weighted by Crippen LogP contribution is -2.37. The van der Waals surface area contributed by atoms with E-state index in [4.69, 9.17) is 23.2 Å². The molecular formula is C27H22Cl2F3N5O4. The Labute approximate surface area is 242 Å². The second-order valence-electron chi connectivity index (χ2n) is 9.52. The van der Waals surface area contributed by atoms with E-state index >= 15 is 0 Å². The summed E-state index contributed by atoms with van der Waals surface area (Å²) in [5.41, 5.74) is -1.77. The van der Waals surface area contributed by atoms with Gasteiger partial charge in [0, 0.05) is 18.9 Å². The maximum absolute atomic E-state index is 14.4. The van der Waals surface area contributed by atoms with E-state index in [2.05, 4.69) is 10.1 Å². The van der Waals surface area contributed by atoms with Gasteiger partial charge in [0.1, 0.15) is 0 Å². The first-order chi connectivity index (χ1) is 19.4. The summed E-state index contributed by atoms with van der Waals surface area (Å²) >= 11 is 12.2. The van der Waals surface area contributed by atoms with Crippen molar-refractivity contribution < 1.29 is 32.7 Å². The van der Waals surface area contributed by atoms with E-state index in [0.29, 0.717) is 5.56 Å². The molecule has 1 aromatic carbocycles. The van der Waals surface area contributed by atoms with Crippen molar-refractivity contribution in [2.24, 2.45) is 5.92 Å². The number of rotatable bonds is 8. The third kappa shape index (κ3) is 6.52. The van der Waals surface area contributed by atoms with E-state index in [9.17, 15) is 37.9 Å². The summed E-state index contributed by atoms with van der Waals surface area (Å²) in [5, 5.41) is 22.4. The quantitative estimate of drug-likeness (QED) is 0.319. The topological polar surface area (TPSA) is 129 Å². The number of alkyl halides is 3. The van der Waals surface area contributed by atoms with Crippen LogP contribution in [0.2, 0.25) is 10.0 Å². The summed E-state index contributed by atoms with van der Waals surface area (Å²) in [5.74, 6) is -3.57. The number of carboxylic acids is 1. The molecule has 0 atom stereocenters. The van der Waals surface area contributed by atoms with Gasteiger partial charge in [0.2, 0.25) is 0 Å². The van der Waals surface area contributed by atoms with Gasteiger partial charge in [-0.3, -0.25) is 24.0 Å². The normalized spacial score (nSPS) is 17.1. The molecule has 2 heterocycles. The molecule has 1 aliphatic carbocycles. The fourth-order valence-corrected chi connectivity index (χ4v) is 5.49. The highest BCUT2D eigenvalue weighted by molar-refractivity contribution is 6.39. The molecule has 1 amide bonds. The Morgan fingerprint density at radius 1 is 1.07 bits per heavy atom. The number of hydrogen-bond acceptors (Lipinski definition) is 6. The number of halogens is 5. The van der Waals surface area contributed by atoms with Gasteiger partial charge in [-0.1, -0.05) is 41.4 Å². The van der Waals surface area contributed by atoms with Gasteiger partial charge in [0.25, 0.3) is 5.91 Å². The molecular weight excluding hydrogens is 586 g/mol. The third-order valence-electron chi connectivity index (χ3n) is 6.94. The number of amides is 1. The van der Waals surface area contributed by atoms with Gasteiger partial charge in [-0.2, -0.15) is 23.5 Å². The average molecular weight is 608 g/mol. The highest BCUT2D eigenvalue weighted by Crippen LogP contribution is 2.39. The molecule has 0 radical (unpaired) electrons. The average Bonchev–Trinajstić information content (AvgIpc) is 3.39. The second-order valence-corrected chi connectivity index (χ2v) is 10.3. The van der Waals surface area contributed by atoms with Gasteiger partial charge in [0.05, 0.1) is 57.5 Å². The van der Waals surface area contributed by atoms with E-state index in [0.717, 1.165) is 15.8 Å². The molecule has 1 saturated carbocycles. The molecule has 1 fully saturated rings. The van der Waals surface area contributed by atoms with Crippen molar-refractivity contribution in [3.63, 3.8) is 0 Å². The zero-order valence-electron chi connectivity index (χ0n) is 21.2. The molecule has 214 valence electrons. The molecule has 41 heavy (non-hydrogen) atoms. The lowest BCUT2D eigenvalue weighted by Gasteiger charge is -2.28. The van der Waals surface area contributed by atoms with Crippen LogP contribution in [-0.2, 0) is 17.5 Å². The minimum Gasteiger partial charge on any atom is -0.481 e. The summed E-state index contributed by atoms with van der Waals surface area (Å²) in [4.78, 5) is 43.0. The molecule has 0 saturated heterocycles. The lowest BCUT2D eigenvalue weighted by molar-refractivity contribution is -0.147. The van der Waals surface area contributed by atoms with E-state index in [1.54, 1.807) is 12.1 Å². The van der Waals surface area contributed by atoms with Crippen LogP contribution in [0.15, 0.2) is 42.9 Å². The van der Waals surface area contributed by atoms with Crippen LogP contribution in [0.5, 0.6) is 0 Å². The first kappa shape index (κ1) is 30.0. The third-order valence-corrected chi connectivity index (χ3v) is 7.51. The largest absolute Gasteiger partial charge is 0.481 e. The number of hydrogen-bond donors (Lipinski definition) is 1. The van der Waals surface area contributed by atoms with Crippen molar-refractivity contribution in [1.29, 1.82) is 5.26 Å². The van der Waals surface area contributed by atoms with Gasteiger partial charge in [0.15, 0.2) is 11.5 Å². The predicted molar refractivity (Wildman–Crippen MR) is 140 cm³/mol. The molecule has 9 nitrogen and oxygen atoms in total. The SMILES string of the molecule is N#Cc1ccccc1CN(CC(=O)c1c(Cl)cncc1Cl)C(=O)c1cnn(C2CCC(C(=O)O)CC2)c1C(F)(F)F. The Kier molecular flexibility index (Phi) is 8.99. The van der Waals surface area contributed by atoms with Gasteiger partial charge in [-0.25, -0.2) is 0 Å². The molecule has 4 rings (SSSR count). The first-order valence-electron chi connectivity index (χ1n) is 12.4. The Balaban J connectivity index is 1.74. The fourth-order valence-electron chi connectivity index (χ4n) is 4.92. The van der Waals surface area contributed by atoms with Crippen LogP contribution in [0, 0.1) is 17.2 Å². The fraction of sp³-hybridized carbons (Fsp3) is 0.333. The van der Waals surface area contributed by atoms with E-state index < -0.39 is 53.6 Å². The Bertz CT molecular complexity index is 1510. The van der Waals surface area contributed by atoms with Crippen molar-refractivity contribution in [3.05, 3.63) is 80.8 Å². The molecule has 14 heteroatoms. The van der Waals surface area contributed by atoms with E-state index in [-0.39, 0.29) is 53.4 Å². The number of carbonyl (C=O) groups is 3. The summed E-state index contributed by atoms with van der Waals surface area (Å²) in [6, 6.07) is 7.36. The van der Waals surface area contributed by atoms with Crippen LogP contribution in [0.4, 0.5) is 13.2 Å². The van der Waals surface area contributed by atoms with Crippen LogP contribution in [0.25, 0.3) is 0 Å². The van der Waals surface area contributed by atoms with Crippen molar-refractivity contribution >= 4 is 40.9 Å². The number of benzene rings is 1. The van der Waals surface area contributed by atoms with Gasteiger partial charge in [-0.15, -0.1) is 0 Å². The zero-order valence-corrected chi connectivity index (χ0v) is 22.7. The number of ketones is 1. The van der Waals surface area contributed by atoms with Crippen LogP contribution < -0.4 is 0 Å². The monoisotopic (exact) mass is 607 g/mol. The van der Waals surface area contributed by atoms with Crippen molar-refractivity contribution in [1.82, 2.24) is 19.7 Å². The minimum atomic E-state index is -5.00. The number of carboxylic acid groups (broad SMARTS) is 1. The van der Waals surface area contributed by atoms with Crippen LogP contribution in [-0.4, -0.2) is 49.0 Å². The Morgan fingerprint density at radius 3 is 2.29 bits per heavy atom.